The van der Waals surface area contributed by atoms with E-state index in [9.17, 15) is 9.59 Å². The molecule has 0 atom stereocenters. The number of nitrogens with one attached hydrogen (secondary N) is 1. The van der Waals surface area contributed by atoms with Gasteiger partial charge in [-0.15, -0.1) is 0 Å². The van der Waals surface area contributed by atoms with Gasteiger partial charge in [0.15, 0.2) is 0 Å². The summed E-state index contributed by atoms with van der Waals surface area (Å²) in [6.45, 7) is 2.50. The zero-order valence-electron chi connectivity index (χ0n) is 13.0. The number of aromatic amines is 1. The van der Waals surface area contributed by atoms with Crippen LogP contribution in [0.5, 0.6) is 0 Å². The Morgan fingerprint density at radius 3 is 3.00 bits per heavy atom. The fraction of sp³-hybridized carbons (Fsp3) is 0.471. The molecule has 2 aromatic rings. The van der Waals surface area contributed by atoms with Crippen LogP contribution in [0, 0.1) is 5.92 Å². The normalized spacial score (nSPS) is 18.7. The summed E-state index contributed by atoms with van der Waals surface area (Å²) in [6.07, 6.45) is 6.11. The van der Waals surface area contributed by atoms with Crippen molar-refractivity contribution in [2.45, 2.75) is 19.3 Å². The molecule has 0 spiro atoms. The molecule has 0 aromatic carbocycles. The second kappa shape index (κ2) is 5.68. The number of carbonyl (C=O) groups is 2. The van der Waals surface area contributed by atoms with Crippen molar-refractivity contribution in [3.8, 4) is 0 Å². The van der Waals surface area contributed by atoms with Gasteiger partial charge in [0.2, 0.25) is 11.8 Å². The van der Waals surface area contributed by atoms with Crippen LogP contribution in [0.1, 0.15) is 18.5 Å². The molecule has 4 heterocycles. The Hall–Kier alpha value is -2.37. The van der Waals surface area contributed by atoms with Crippen LogP contribution in [0.15, 0.2) is 24.5 Å². The Morgan fingerprint density at radius 1 is 1.35 bits per heavy atom. The average molecular weight is 312 g/mol. The third kappa shape index (κ3) is 2.69. The molecule has 2 aliphatic rings. The van der Waals surface area contributed by atoms with Crippen LogP contribution in [-0.2, 0) is 16.0 Å². The SMILES string of the molecule is O=C1CCCN1CC(=O)N1CC(Cc2nccc3cc[nH]c23)C1. The number of aromatic nitrogens is 2. The molecule has 23 heavy (non-hydrogen) atoms. The zero-order chi connectivity index (χ0) is 15.8. The Morgan fingerprint density at radius 2 is 2.22 bits per heavy atom. The number of rotatable bonds is 4. The minimum Gasteiger partial charge on any atom is -0.360 e. The predicted molar refractivity (Wildman–Crippen MR) is 85.7 cm³/mol. The highest BCUT2D eigenvalue weighted by atomic mass is 16.2. The van der Waals surface area contributed by atoms with Gasteiger partial charge in [0.05, 0.1) is 17.8 Å². The van der Waals surface area contributed by atoms with Crippen LogP contribution in [0.4, 0.5) is 0 Å². The summed E-state index contributed by atoms with van der Waals surface area (Å²) in [4.78, 5) is 35.0. The molecule has 0 unspecified atom stereocenters. The fourth-order valence-corrected chi connectivity index (χ4v) is 3.51. The molecule has 0 bridgehead atoms. The van der Waals surface area contributed by atoms with E-state index in [2.05, 4.69) is 9.97 Å². The first-order valence-electron chi connectivity index (χ1n) is 8.17. The van der Waals surface area contributed by atoms with Gasteiger partial charge in [-0.25, -0.2) is 0 Å². The van der Waals surface area contributed by atoms with Crippen molar-refractivity contribution in [3.63, 3.8) is 0 Å². The Bertz CT molecular complexity index is 748. The summed E-state index contributed by atoms with van der Waals surface area (Å²) in [6, 6.07) is 4.04. The van der Waals surface area contributed by atoms with Gasteiger partial charge in [-0.05, 0) is 30.9 Å². The Kier molecular flexibility index (Phi) is 3.52. The second-order valence-corrected chi connectivity index (χ2v) is 6.49. The standard InChI is InChI=1S/C17H20N4O2/c22-15-2-1-7-20(15)11-16(23)21-9-12(10-21)8-14-17-13(3-5-18-14)4-6-19-17/h3-6,12,19H,1-2,7-11H2. The quantitative estimate of drug-likeness (QED) is 0.922. The number of nitrogens with zero attached hydrogens (tertiary/aromatic N) is 3. The molecular weight excluding hydrogens is 292 g/mol. The van der Waals surface area contributed by atoms with Gasteiger partial charge >= 0.3 is 0 Å². The van der Waals surface area contributed by atoms with Crippen LogP contribution < -0.4 is 0 Å². The van der Waals surface area contributed by atoms with E-state index in [1.165, 1.54) is 5.39 Å². The Balaban J connectivity index is 1.32. The lowest BCUT2D eigenvalue weighted by molar-refractivity contribution is -0.142. The molecule has 6 nitrogen and oxygen atoms in total. The molecule has 6 heteroatoms. The van der Waals surface area contributed by atoms with Crippen molar-refractivity contribution >= 4 is 22.7 Å². The number of likely N-dealkylation sites (tertiary alicyclic amines) is 2. The van der Waals surface area contributed by atoms with Crippen molar-refractivity contribution in [2.24, 2.45) is 5.92 Å². The number of hydrogen-bond acceptors (Lipinski definition) is 3. The maximum atomic E-state index is 12.2. The van der Waals surface area contributed by atoms with Crippen LogP contribution in [0.2, 0.25) is 0 Å². The third-order valence-corrected chi connectivity index (χ3v) is 4.84. The van der Waals surface area contributed by atoms with Crippen molar-refractivity contribution in [2.75, 3.05) is 26.2 Å². The van der Waals surface area contributed by atoms with E-state index in [1.54, 1.807) is 4.90 Å². The van der Waals surface area contributed by atoms with Gasteiger partial charge in [-0.3, -0.25) is 14.6 Å². The van der Waals surface area contributed by atoms with Gasteiger partial charge in [-0.2, -0.15) is 0 Å². The maximum absolute atomic E-state index is 12.2. The first kappa shape index (κ1) is 14.2. The summed E-state index contributed by atoms with van der Waals surface area (Å²) in [5.74, 6) is 0.634. The molecule has 2 aliphatic heterocycles. The second-order valence-electron chi connectivity index (χ2n) is 6.49. The average Bonchev–Trinajstić information content (AvgIpc) is 3.12. The molecule has 0 saturated carbocycles. The lowest BCUT2D eigenvalue weighted by Gasteiger charge is -2.40. The van der Waals surface area contributed by atoms with Gasteiger partial charge < -0.3 is 14.8 Å². The lowest BCUT2D eigenvalue weighted by atomic mass is 9.93. The monoisotopic (exact) mass is 312 g/mol. The molecule has 120 valence electrons. The number of fused-ring (bicyclic) bond motifs is 1. The van der Waals surface area contributed by atoms with Gasteiger partial charge in [0, 0.05) is 43.8 Å². The highest BCUT2D eigenvalue weighted by molar-refractivity contribution is 5.86. The van der Waals surface area contributed by atoms with Gasteiger partial charge in [-0.1, -0.05) is 0 Å². The summed E-state index contributed by atoms with van der Waals surface area (Å²) in [5, 5.41) is 1.18. The first-order chi connectivity index (χ1) is 11.2. The number of H-pyrrole nitrogens is 1. The van der Waals surface area contributed by atoms with Gasteiger partial charge in [0.1, 0.15) is 0 Å². The maximum Gasteiger partial charge on any atom is 0.242 e. The van der Waals surface area contributed by atoms with E-state index in [0.717, 1.165) is 43.7 Å². The number of hydrogen-bond donors (Lipinski definition) is 1. The van der Waals surface area contributed by atoms with Crippen molar-refractivity contribution in [1.82, 2.24) is 19.8 Å². The van der Waals surface area contributed by atoms with Crippen molar-refractivity contribution < 1.29 is 9.59 Å². The number of carbonyl (C=O) groups excluding carboxylic acids is 2. The highest BCUT2D eigenvalue weighted by Crippen LogP contribution is 2.24. The zero-order valence-corrected chi connectivity index (χ0v) is 13.0. The van der Waals surface area contributed by atoms with E-state index in [4.69, 9.17) is 0 Å². The van der Waals surface area contributed by atoms with Crippen LogP contribution in [0.25, 0.3) is 10.9 Å². The number of pyridine rings is 1. The summed E-state index contributed by atoms with van der Waals surface area (Å²) in [5.41, 5.74) is 2.17. The predicted octanol–water partition coefficient (Wildman–Crippen LogP) is 1.19. The molecule has 2 saturated heterocycles. The third-order valence-electron chi connectivity index (χ3n) is 4.84. The van der Waals surface area contributed by atoms with Crippen molar-refractivity contribution in [1.29, 1.82) is 0 Å². The van der Waals surface area contributed by atoms with E-state index < -0.39 is 0 Å². The molecule has 0 aliphatic carbocycles. The minimum absolute atomic E-state index is 0.0718. The molecule has 1 N–H and O–H groups in total. The largest absolute Gasteiger partial charge is 0.360 e. The van der Waals surface area contributed by atoms with Gasteiger partial charge in [0.25, 0.3) is 0 Å². The first-order valence-corrected chi connectivity index (χ1v) is 8.17. The number of amides is 2. The molecular formula is C17H20N4O2. The molecule has 0 radical (unpaired) electrons. The summed E-state index contributed by atoms with van der Waals surface area (Å²) >= 11 is 0. The Labute approximate surface area is 134 Å². The van der Waals surface area contributed by atoms with Crippen LogP contribution >= 0.6 is 0 Å². The lowest BCUT2D eigenvalue weighted by Crippen LogP contribution is -2.53. The minimum atomic E-state index is 0.0718. The topological polar surface area (TPSA) is 69.3 Å². The van der Waals surface area contributed by atoms with E-state index in [1.807, 2.05) is 29.4 Å². The van der Waals surface area contributed by atoms with Crippen molar-refractivity contribution in [3.05, 3.63) is 30.2 Å². The summed E-state index contributed by atoms with van der Waals surface area (Å²) < 4.78 is 0. The van der Waals surface area contributed by atoms with E-state index >= 15 is 0 Å². The van der Waals surface area contributed by atoms with Crippen LogP contribution in [0.3, 0.4) is 0 Å². The summed E-state index contributed by atoms with van der Waals surface area (Å²) in [7, 11) is 0. The highest BCUT2D eigenvalue weighted by Gasteiger charge is 2.33. The van der Waals surface area contributed by atoms with E-state index in [-0.39, 0.29) is 18.4 Å². The molecule has 2 aromatic heterocycles. The smallest absolute Gasteiger partial charge is 0.242 e. The van der Waals surface area contributed by atoms with Crippen LogP contribution in [-0.4, -0.2) is 57.8 Å². The molecule has 4 rings (SSSR count). The molecule has 2 fully saturated rings. The molecule has 2 amide bonds. The van der Waals surface area contributed by atoms with E-state index in [0.29, 0.717) is 12.3 Å². The fourth-order valence-electron chi connectivity index (χ4n) is 3.51.